The smallest absolute Gasteiger partial charge is 0.324 e. The molecule has 0 atom stereocenters. The zero-order valence-corrected chi connectivity index (χ0v) is 17.6. The van der Waals surface area contributed by atoms with Gasteiger partial charge in [0.1, 0.15) is 18.0 Å². The van der Waals surface area contributed by atoms with Crippen LogP contribution in [0.15, 0.2) is 60.9 Å². The lowest BCUT2D eigenvalue weighted by atomic mass is 10.2. The summed E-state index contributed by atoms with van der Waals surface area (Å²) in [5.41, 5.74) is 1.76. The maximum atomic E-state index is 12.3. The van der Waals surface area contributed by atoms with E-state index in [2.05, 4.69) is 42.5 Å². The highest BCUT2D eigenvalue weighted by atomic mass is 35.5. The summed E-state index contributed by atoms with van der Waals surface area (Å²) >= 11 is 11.9. The van der Waals surface area contributed by atoms with E-state index in [1.807, 2.05) is 18.2 Å². The van der Waals surface area contributed by atoms with Crippen molar-refractivity contribution in [2.24, 2.45) is 0 Å². The van der Waals surface area contributed by atoms with Gasteiger partial charge in [0, 0.05) is 43.6 Å². The Morgan fingerprint density at radius 2 is 1.57 bits per heavy atom. The third kappa shape index (κ3) is 4.93. The van der Waals surface area contributed by atoms with Gasteiger partial charge in [0.25, 0.3) is 0 Å². The quantitative estimate of drug-likeness (QED) is 0.609. The minimum absolute atomic E-state index is 0.369. The first-order valence-electron chi connectivity index (χ1n) is 9.48. The van der Waals surface area contributed by atoms with Crippen LogP contribution in [0.25, 0.3) is 0 Å². The predicted molar refractivity (Wildman–Crippen MR) is 122 cm³/mol. The van der Waals surface area contributed by atoms with E-state index in [-0.39, 0.29) is 0 Å². The number of hydrogen-bond acceptors (Lipinski definition) is 5. The van der Waals surface area contributed by atoms with Gasteiger partial charge in [0.05, 0.1) is 10.0 Å². The fourth-order valence-corrected chi connectivity index (χ4v) is 3.57. The minimum atomic E-state index is -0.424. The van der Waals surface area contributed by atoms with E-state index in [0.29, 0.717) is 21.6 Å². The number of anilines is 4. The number of aromatic nitrogens is 2. The van der Waals surface area contributed by atoms with Crippen LogP contribution in [0, 0.1) is 0 Å². The first kappa shape index (κ1) is 20.3. The molecule has 0 spiro atoms. The van der Waals surface area contributed by atoms with Gasteiger partial charge in [-0.25, -0.2) is 14.8 Å². The third-order valence-corrected chi connectivity index (χ3v) is 5.54. The largest absolute Gasteiger partial charge is 0.368 e. The molecule has 7 nitrogen and oxygen atoms in total. The van der Waals surface area contributed by atoms with Crippen LogP contribution in [0.2, 0.25) is 10.0 Å². The van der Waals surface area contributed by atoms with Crippen LogP contribution < -0.4 is 20.4 Å². The molecular formula is C21H20Cl2N6O. The Kier molecular flexibility index (Phi) is 6.21. The van der Waals surface area contributed by atoms with Crippen molar-refractivity contribution in [2.45, 2.75) is 0 Å². The van der Waals surface area contributed by atoms with E-state index in [1.165, 1.54) is 12.0 Å². The number of hydrogen-bond donors (Lipinski definition) is 2. The summed E-state index contributed by atoms with van der Waals surface area (Å²) in [4.78, 5) is 25.3. The average Bonchev–Trinajstić information content (AvgIpc) is 2.77. The van der Waals surface area contributed by atoms with Crippen molar-refractivity contribution in [1.29, 1.82) is 0 Å². The molecule has 30 heavy (non-hydrogen) atoms. The van der Waals surface area contributed by atoms with Gasteiger partial charge in [-0.3, -0.25) is 5.32 Å². The standard InChI is InChI=1S/C21H20Cl2N6O/c22-17-7-6-15(12-18(17)23)26-21(30)27-19-13-20(25-14-24-19)29-10-8-28(9-11-29)16-4-2-1-3-5-16/h1-7,12-14H,8-11H2,(H2,24,25,26,27,30). The fraction of sp³-hybridized carbons (Fsp3) is 0.190. The Labute approximate surface area is 184 Å². The molecule has 0 bridgehead atoms. The average molecular weight is 443 g/mol. The van der Waals surface area contributed by atoms with Crippen molar-refractivity contribution >= 4 is 52.2 Å². The predicted octanol–water partition coefficient (Wildman–Crippen LogP) is 4.75. The van der Waals surface area contributed by atoms with Crippen LogP contribution in [0.5, 0.6) is 0 Å². The van der Waals surface area contributed by atoms with Crippen LogP contribution >= 0.6 is 23.2 Å². The van der Waals surface area contributed by atoms with Gasteiger partial charge < -0.3 is 15.1 Å². The molecule has 0 aliphatic carbocycles. The number of benzene rings is 2. The van der Waals surface area contributed by atoms with Crippen molar-refractivity contribution in [3.8, 4) is 0 Å². The summed E-state index contributed by atoms with van der Waals surface area (Å²) < 4.78 is 0. The number of para-hydroxylation sites is 1. The zero-order valence-electron chi connectivity index (χ0n) is 16.1. The number of halogens is 2. The SMILES string of the molecule is O=C(Nc1ccc(Cl)c(Cl)c1)Nc1cc(N2CCN(c3ccccc3)CC2)ncn1. The van der Waals surface area contributed by atoms with E-state index in [9.17, 15) is 4.79 Å². The summed E-state index contributed by atoms with van der Waals surface area (Å²) in [6.07, 6.45) is 1.45. The maximum Gasteiger partial charge on any atom is 0.324 e. The summed E-state index contributed by atoms with van der Waals surface area (Å²) in [5.74, 6) is 1.20. The molecule has 9 heteroatoms. The molecule has 1 saturated heterocycles. The number of nitrogens with zero attached hydrogens (tertiary/aromatic N) is 4. The second-order valence-corrected chi connectivity index (χ2v) is 7.59. The van der Waals surface area contributed by atoms with Crippen LogP contribution in [0.1, 0.15) is 0 Å². The van der Waals surface area contributed by atoms with Crippen LogP contribution in [-0.4, -0.2) is 42.2 Å². The maximum absolute atomic E-state index is 12.3. The molecule has 1 fully saturated rings. The lowest BCUT2D eigenvalue weighted by molar-refractivity contribution is 0.262. The first-order chi connectivity index (χ1) is 14.6. The fourth-order valence-electron chi connectivity index (χ4n) is 3.27. The highest BCUT2D eigenvalue weighted by molar-refractivity contribution is 6.42. The number of nitrogens with one attached hydrogen (secondary N) is 2. The van der Waals surface area contributed by atoms with Gasteiger partial charge in [0.15, 0.2) is 0 Å². The van der Waals surface area contributed by atoms with E-state index in [1.54, 1.807) is 24.3 Å². The third-order valence-electron chi connectivity index (χ3n) is 4.80. The van der Waals surface area contributed by atoms with Crippen molar-refractivity contribution in [1.82, 2.24) is 9.97 Å². The summed E-state index contributed by atoms with van der Waals surface area (Å²) in [7, 11) is 0. The van der Waals surface area contributed by atoms with E-state index in [0.717, 1.165) is 32.0 Å². The Morgan fingerprint density at radius 1 is 0.833 bits per heavy atom. The number of rotatable bonds is 4. The van der Waals surface area contributed by atoms with Crippen molar-refractivity contribution in [3.05, 3.63) is 71.0 Å². The molecule has 3 aromatic rings. The molecule has 4 rings (SSSR count). The molecule has 0 radical (unpaired) electrons. The second kappa shape index (κ2) is 9.19. The Morgan fingerprint density at radius 3 is 2.30 bits per heavy atom. The van der Waals surface area contributed by atoms with Gasteiger partial charge >= 0.3 is 6.03 Å². The highest BCUT2D eigenvalue weighted by Crippen LogP contribution is 2.25. The van der Waals surface area contributed by atoms with Gasteiger partial charge in [-0.05, 0) is 30.3 Å². The topological polar surface area (TPSA) is 73.4 Å². The number of amides is 2. The normalized spacial score (nSPS) is 13.8. The number of carbonyl (C=O) groups is 1. The Hall–Kier alpha value is -3.03. The molecule has 154 valence electrons. The van der Waals surface area contributed by atoms with Crippen molar-refractivity contribution in [3.63, 3.8) is 0 Å². The van der Waals surface area contributed by atoms with Crippen molar-refractivity contribution < 1.29 is 4.79 Å². The molecule has 1 aliphatic rings. The number of carbonyl (C=O) groups excluding carboxylic acids is 1. The van der Waals surface area contributed by atoms with E-state index < -0.39 is 6.03 Å². The Bertz CT molecular complexity index is 1030. The molecule has 2 heterocycles. The zero-order chi connectivity index (χ0) is 20.9. The monoisotopic (exact) mass is 442 g/mol. The molecule has 2 amide bonds. The number of piperazine rings is 1. The summed E-state index contributed by atoms with van der Waals surface area (Å²) in [6, 6.07) is 16.6. The molecule has 1 aliphatic heterocycles. The second-order valence-electron chi connectivity index (χ2n) is 6.78. The van der Waals surface area contributed by atoms with Crippen LogP contribution in [-0.2, 0) is 0 Å². The molecule has 2 aromatic carbocycles. The molecule has 0 unspecified atom stereocenters. The number of urea groups is 1. The van der Waals surface area contributed by atoms with Gasteiger partial charge in [0.2, 0.25) is 0 Å². The molecule has 2 N–H and O–H groups in total. The van der Waals surface area contributed by atoms with Gasteiger partial charge in [-0.2, -0.15) is 0 Å². The van der Waals surface area contributed by atoms with Gasteiger partial charge in [-0.1, -0.05) is 41.4 Å². The van der Waals surface area contributed by atoms with Crippen molar-refractivity contribution in [2.75, 3.05) is 46.6 Å². The minimum Gasteiger partial charge on any atom is -0.368 e. The summed E-state index contributed by atoms with van der Waals surface area (Å²) in [5, 5.41) is 6.23. The lowest BCUT2D eigenvalue weighted by Crippen LogP contribution is -2.46. The molecular weight excluding hydrogens is 423 g/mol. The molecule has 1 aromatic heterocycles. The summed E-state index contributed by atoms with van der Waals surface area (Å²) in [6.45, 7) is 3.46. The van der Waals surface area contributed by atoms with E-state index >= 15 is 0 Å². The Balaban J connectivity index is 1.36. The molecule has 0 saturated carbocycles. The van der Waals surface area contributed by atoms with Crippen LogP contribution in [0.3, 0.4) is 0 Å². The van der Waals surface area contributed by atoms with Gasteiger partial charge in [-0.15, -0.1) is 0 Å². The van der Waals surface area contributed by atoms with E-state index in [4.69, 9.17) is 23.2 Å². The highest BCUT2D eigenvalue weighted by Gasteiger charge is 2.19. The lowest BCUT2D eigenvalue weighted by Gasteiger charge is -2.36. The van der Waals surface area contributed by atoms with Crippen LogP contribution in [0.4, 0.5) is 27.8 Å². The first-order valence-corrected chi connectivity index (χ1v) is 10.2.